The van der Waals surface area contributed by atoms with E-state index in [9.17, 15) is 4.79 Å². The van der Waals surface area contributed by atoms with Gasteiger partial charge < -0.3 is 9.47 Å². The van der Waals surface area contributed by atoms with E-state index in [4.69, 9.17) is 11.6 Å². The number of hydrogen-bond donors (Lipinski definition) is 0. The number of amides is 1. The number of halogens is 1. The molecule has 6 nitrogen and oxygen atoms in total. The molecule has 0 spiro atoms. The standard InChI is InChI=1S/C19H24ClN5O/c1-14(26)24-8-2-3-16(12-24)19-22-21-18-13-23(9-10-25(18)19)11-15-4-6-17(20)7-5-15/h4-7,16H,2-3,8-13H2,1H3/t16-/m0/s1. The third kappa shape index (κ3) is 3.62. The summed E-state index contributed by atoms with van der Waals surface area (Å²) in [6, 6.07) is 8.02. The topological polar surface area (TPSA) is 54.3 Å². The van der Waals surface area contributed by atoms with E-state index in [1.807, 2.05) is 17.0 Å². The van der Waals surface area contributed by atoms with Crippen LogP contribution in [0.3, 0.4) is 0 Å². The Labute approximate surface area is 158 Å². The third-order valence-corrected chi connectivity index (χ3v) is 5.66. The van der Waals surface area contributed by atoms with Gasteiger partial charge in [-0.1, -0.05) is 23.7 Å². The van der Waals surface area contributed by atoms with E-state index in [2.05, 4.69) is 31.8 Å². The molecule has 0 N–H and O–H groups in total. The Bertz CT molecular complexity index is 788. The van der Waals surface area contributed by atoms with Crippen molar-refractivity contribution in [2.24, 2.45) is 0 Å². The van der Waals surface area contributed by atoms with Crippen LogP contribution < -0.4 is 0 Å². The normalized spacial score (nSPS) is 20.8. The number of nitrogens with zero attached hydrogens (tertiary/aromatic N) is 5. The van der Waals surface area contributed by atoms with E-state index < -0.39 is 0 Å². The van der Waals surface area contributed by atoms with Crippen LogP contribution in [0.1, 0.15) is 42.9 Å². The molecule has 0 unspecified atom stereocenters. The molecular formula is C19H24ClN5O. The zero-order chi connectivity index (χ0) is 18.1. The van der Waals surface area contributed by atoms with Crippen molar-refractivity contribution in [2.75, 3.05) is 19.6 Å². The van der Waals surface area contributed by atoms with Crippen LogP contribution in [0.2, 0.25) is 5.02 Å². The second-order valence-electron chi connectivity index (χ2n) is 7.27. The highest BCUT2D eigenvalue weighted by Crippen LogP contribution is 2.28. The van der Waals surface area contributed by atoms with E-state index in [0.717, 1.165) is 68.8 Å². The van der Waals surface area contributed by atoms with Gasteiger partial charge in [0, 0.05) is 50.6 Å². The minimum atomic E-state index is 0.155. The van der Waals surface area contributed by atoms with Crippen LogP contribution in [0.5, 0.6) is 0 Å². The van der Waals surface area contributed by atoms with Crippen molar-refractivity contribution in [3.05, 3.63) is 46.5 Å². The molecule has 4 rings (SSSR count). The highest BCUT2D eigenvalue weighted by Gasteiger charge is 2.29. The molecule has 0 saturated carbocycles. The zero-order valence-corrected chi connectivity index (χ0v) is 15.8. The van der Waals surface area contributed by atoms with Gasteiger partial charge in [0.05, 0.1) is 6.54 Å². The lowest BCUT2D eigenvalue weighted by atomic mass is 9.97. The minimum absolute atomic E-state index is 0.155. The molecule has 1 aromatic heterocycles. The van der Waals surface area contributed by atoms with Crippen molar-refractivity contribution in [2.45, 2.75) is 45.3 Å². The van der Waals surface area contributed by atoms with Gasteiger partial charge >= 0.3 is 0 Å². The van der Waals surface area contributed by atoms with E-state index >= 15 is 0 Å². The molecule has 2 aliphatic heterocycles. The summed E-state index contributed by atoms with van der Waals surface area (Å²) in [5.74, 6) is 2.54. The third-order valence-electron chi connectivity index (χ3n) is 5.41. The van der Waals surface area contributed by atoms with Gasteiger partial charge in [0.15, 0.2) is 0 Å². The molecule has 138 valence electrons. The number of aromatic nitrogens is 3. The number of hydrogen-bond acceptors (Lipinski definition) is 4. The van der Waals surface area contributed by atoms with Crippen molar-refractivity contribution in [3.63, 3.8) is 0 Å². The molecule has 0 radical (unpaired) electrons. The lowest BCUT2D eigenvalue weighted by Crippen LogP contribution is -2.39. The molecule has 3 heterocycles. The van der Waals surface area contributed by atoms with Crippen LogP contribution in [0, 0.1) is 0 Å². The second kappa shape index (κ2) is 7.37. The fourth-order valence-corrected chi connectivity index (χ4v) is 4.12. The summed E-state index contributed by atoms with van der Waals surface area (Å²) in [6.07, 6.45) is 2.12. The Morgan fingerprint density at radius 1 is 1.19 bits per heavy atom. The Balaban J connectivity index is 1.45. The van der Waals surface area contributed by atoms with Crippen LogP contribution >= 0.6 is 11.6 Å². The Hall–Kier alpha value is -1.92. The summed E-state index contributed by atoms with van der Waals surface area (Å²) < 4.78 is 2.27. The van der Waals surface area contributed by atoms with Crippen molar-refractivity contribution >= 4 is 17.5 Å². The van der Waals surface area contributed by atoms with Gasteiger partial charge in [-0.3, -0.25) is 9.69 Å². The largest absolute Gasteiger partial charge is 0.342 e. The van der Waals surface area contributed by atoms with Gasteiger partial charge in [0.2, 0.25) is 5.91 Å². The summed E-state index contributed by atoms with van der Waals surface area (Å²) >= 11 is 5.97. The van der Waals surface area contributed by atoms with Gasteiger partial charge in [-0.25, -0.2) is 0 Å². The van der Waals surface area contributed by atoms with Crippen molar-refractivity contribution in [3.8, 4) is 0 Å². The quantitative estimate of drug-likeness (QED) is 0.830. The first-order valence-corrected chi connectivity index (χ1v) is 9.62. The van der Waals surface area contributed by atoms with E-state index in [-0.39, 0.29) is 5.91 Å². The van der Waals surface area contributed by atoms with Gasteiger partial charge in [0.1, 0.15) is 11.6 Å². The summed E-state index contributed by atoms with van der Waals surface area (Å²) in [5.41, 5.74) is 1.26. The van der Waals surface area contributed by atoms with E-state index in [1.54, 1.807) is 6.92 Å². The highest BCUT2D eigenvalue weighted by molar-refractivity contribution is 6.30. The van der Waals surface area contributed by atoms with E-state index in [0.29, 0.717) is 5.92 Å². The maximum Gasteiger partial charge on any atom is 0.219 e. The lowest BCUT2D eigenvalue weighted by Gasteiger charge is -2.33. The summed E-state index contributed by atoms with van der Waals surface area (Å²) in [5, 5.41) is 9.72. The monoisotopic (exact) mass is 373 g/mol. The minimum Gasteiger partial charge on any atom is -0.342 e. The van der Waals surface area contributed by atoms with Gasteiger partial charge in [-0.15, -0.1) is 10.2 Å². The predicted molar refractivity (Wildman–Crippen MR) is 99.8 cm³/mol. The molecule has 1 amide bonds. The van der Waals surface area contributed by atoms with Crippen LogP contribution in [0.25, 0.3) is 0 Å². The number of fused-ring (bicyclic) bond motifs is 1. The Kier molecular flexibility index (Phi) is 4.96. The first kappa shape index (κ1) is 17.5. The number of carbonyl (C=O) groups is 1. The summed E-state index contributed by atoms with van der Waals surface area (Å²) in [7, 11) is 0. The molecule has 2 aromatic rings. The Morgan fingerprint density at radius 3 is 2.77 bits per heavy atom. The molecule has 26 heavy (non-hydrogen) atoms. The molecule has 0 bridgehead atoms. The number of piperidine rings is 1. The van der Waals surface area contributed by atoms with Gasteiger partial charge in [0.25, 0.3) is 0 Å². The Morgan fingerprint density at radius 2 is 2.00 bits per heavy atom. The van der Waals surface area contributed by atoms with Crippen molar-refractivity contribution in [1.82, 2.24) is 24.6 Å². The fourth-order valence-electron chi connectivity index (χ4n) is 3.99. The molecular weight excluding hydrogens is 350 g/mol. The number of likely N-dealkylation sites (tertiary alicyclic amines) is 1. The van der Waals surface area contributed by atoms with Gasteiger partial charge in [-0.05, 0) is 30.5 Å². The SMILES string of the molecule is CC(=O)N1CCC[C@H](c2nnc3n2CCN(Cc2ccc(Cl)cc2)C3)C1. The van der Waals surface area contributed by atoms with Gasteiger partial charge in [-0.2, -0.15) is 0 Å². The molecule has 1 atom stereocenters. The zero-order valence-electron chi connectivity index (χ0n) is 15.1. The van der Waals surface area contributed by atoms with Crippen LogP contribution in [0.15, 0.2) is 24.3 Å². The molecule has 1 saturated heterocycles. The maximum atomic E-state index is 11.7. The lowest BCUT2D eigenvalue weighted by molar-refractivity contribution is -0.130. The van der Waals surface area contributed by atoms with Crippen LogP contribution in [-0.2, 0) is 24.4 Å². The fraction of sp³-hybridized carbons (Fsp3) is 0.526. The van der Waals surface area contributed by atoms with Crippen molar-refractivity contribution in [1.29, 1.82) is 0 Å². The highest BCUT2D eigenvalue weighted by atomic mass is 35.5. The number of rotatable bonds is 3. The van der Waals surface area contributed by atoms with E-state index in [1.165, 1.54) is 5.56 Å². The molecule has 1 fully saturated rings. The van der Waals surface area contributed by atoms with Crippen LogP contribution in [0.4, 0.5) is 0 Å². The average Bonchev–Trinajstić information content (AvgIpc) is 3.07. The predicted octanol–water partition coefficient (Wildman–Crippen LogP) is 2.67. The number of benzene rings is 1. The van der Waals surface area contributed by atoms with Crippen LogP contribution in [-0.4, -0.2) is 50.1 Å². The first-order chi connectivity index (χ1) is 12.6. The molecule has 2 aliphatic rings. The summed E-state index contributed by atoms with van der Waals surface area (Å²) in [6.45, 7) is 6.85. The average molecular weight is 374 g/mol. The van der Waals surface area contributed by atoms with Crippen molar-refractivity contribution < 1.29 is 4.79 Å². The second-order valence-corrected chi connectivity index (χ2v) is 7.70. The molecule has 0 aliphatic carbocycles. The summed E-state index contributed by atoms with van der Waals surface area (Å²) in [4.78, 5) is 16.0. The smallest absolute Gasteiger partial charge is 0.219 e. The molecule has 1 aromatic carbocycles. The number of carbonyl (C=O) groups excluding carboxylic acids is 1. The maximum absolute atomic E-state index is 11.7. The molecule has 7 heteroatoms. The first-order valence-electron chi connectivity index (χ1n) is 9.24.